The van der Waals surface area contributed by atoms with Gasteiger partial charge in [0.1, 0.15) is 5.82 Å². The van der Waals surface area contributed by atoms with Gasteiger partial charge in [-0.15, -0.1) is 0 Å². The highest BCUT2D eigenvalue weighted by atomic mass is 19.1. The molecule has 2 atom stereocenters. The number of nitrogens with zero attached hydrogens (tertiary/aromatic N) is 3. The van der Waals surface area contributed by atoms with Crippen molar-refractivity contribution in [1.82, 2.24) is 14.8 Å². The first-order chi connectivity index (χ1) is 12.2. The molecule has 2 saturated heterocycles. The summed E-state index contributed by atoms with van der Waals surface area (Å²) in [6.07, 6.45) is 0.612. The Morgan fingerprint density at radius 2 is 2.00 bits per heavy atom. The predicted molar refractivity (Wildman–Crippen MR) is 93.8 cm³/mol. The Balaban J connectivity index is 1.39. The summed E-state index contributed by atoms with van der Waals surface area (Å²) < 4.78 is 18.7. The number of fused-ring (bicyclic) bond motifs is 1. The van der Waals surface area contributed by atoms with Crippen LogP contribution >= 0.6 is 0 Å². The van der Waals surface area contributed by atoms with Crippen LogP contribution in [0.15, 0.2) is 30.3 Å². The summed E-state index contributed by atoms with van der Waals surface area (Å²) in [6, 6.07) is 8.75. The maximum Gasteiger partial charge on any atom is 0.123 e. The molecular weight excluding hydrogens is 321 g/mol. The highest BCUT2D eigenvalue weighted by molar-refractivity contribution is 5.78. The van der Waals surface area contributed by atoms with Crippen molar-refractivity contribution >= 4 is 10.9 Å². The number of piperidine rings is 1. The summed E-state index contributed by atoms with van der Waals surface area (Å²) in [5.74, 6) is -0.240. The molecular formula is C19H24FN3O2. The third-order valence-electron chi connectivity index (χ3n) is 5.24. The molecule has 134 valence electrons. The number of pyridine rings is 1. The zero-order valence-corrected chi connectivity index (χ0v) is 14.3. The molecule has 4 rings (SSSR count). The molecule has 0 amide bonds. The summed E-state index contributed by atoms with van der Waals surface area (Å²) in [5, 5.41) is 11.4. The Bertz CT molecular complexity index is 736. The maximum absolute atomic E-state index is 13.3. The van der Waals surface area contributed by atoms with Gasteiger partial charge in [0.25, 0.3) is 0 Å². The summed E-state index contributed by atoms with van der Waals surface area (Å²) in [6.45, 7) is 5.64. The van der Waals surface area contributed by atoms with Gasteiger partial charge >= 0.3 is 0 Å². The molecule has 2 fully saturated rings. The van der Waals surface area contributed by atoms with Crippen LogP contribution in [0, 0.1) is 5.82 Å². The number of morpholine rings is 1. The van der Waals surface area contributed by atoms with E-state index >= 15 is 0 Å². The van der Waals surface area contributed by atoms with E-state index in [1.54, 1.807) is 6.07 Å². The molecule has 0 unspecified atom stereocenters. The predicted octanol–water partition coefficient (Wildman–Crippen LogP) is 1.64. The van der Waals surface area contributed by atoms with Crippen LogP contribution in [-0.2, 0) is 11.3 Å². The topological polar surface area (TPSA) is 48.8 Å². The van der Waals surface area contributed by atoms with Crippen molar-refractivity contribution in [3.05, 3.63) is 41.8 Å². The van der Waals surface area contributed by atoms with E-state index in [1.807, 2.05) is 12.1 Å². The second-order valence-electron chi connectivity index (χ2n) is 6.95. The fourth-order valence-electron chi connectivity index (χ4n) is 3.92. The van der Waals surface area contributed by atoms with E-state index in [9.17, 15) is 9.50 Å². The number of rotatable bonds is 3. The highest BCUT2D eigenvalue weighted by Gasteiger charge is 2.32. The number of β-amino-alcohol motifs (C(OH)–C–C–N with tert-alkyl or cyclic N) is 1. The lowest BCUT2D eigenvalue weighted by Crippen LogP contribution is -2.56. The number of hydrogen-bond donors (Lipinski definition) is 1. The smallest absolute Gasteiger partial charge is 0.123 e. The number of aromatic nitrogens is 1. The molecule has 0 bridgehead atoms. The number of halogens is 1. The van der Waals surface area contributed by atoms with E-state index in [4.69, 9.17) is 4.74 Å². The minimum absolute atomic E-state index is 0.229. The SMILES string of the molecule is O[C@@H]1CN(Cc2ccc3cc(F)ccc3n2)CC[C@H]1N1CCOCC1. The molecule has 25 heavy (non-hydrogen) atoms. The lowest BCUT2D eigenvalue weighted by atomic mass is 9.99. The summed E-state index contributed by atoms with van der Waals surface area (Å²) >= 11 is 0. The molecule has 1 N–H and O–H groups in total. The molecule has 2 aromatic rings. The van der Waals surface area contributed by atoms with Crippen LogP contribution in [0.3, 0.4) is 0 Å². The number of benzene rings is 1. The number of aliphatic hydroxyl groups excluding tert-OH is 1. The largest absolute Gasteiger partial charge is 0.390 e. The molecule has 5 nitrogen and oxygen atoms in total. The Hall–Kier alpha value is -1.60. The zero-order valence-electron chi connectivity index (χ0n) is 14.3. The Morgan fingerprint density at radius 3 is 2.80 bits per heavy atom. The van der Waals surface area contributed by atoms with Crippen molar-refractivity contribution in [3.8, 4) is 0 Å². The Kier molecular flexibility index (Phi) is 4.94. The highest BCUT2D eigenvalue weighted by Crippen LogP contribution is 2.21. The average molecular weight is 345 g/mol. The van der Waals surface area contributed by atoms with Crippen molar-refractivity contribution in [2.75, 3.05) is 39.4 Å². The number of hydrogen-bond acceptors (Lipinski definition) is 5. The van der Waals surface area contributed by atoms with Gasteiger partial charge < -0.3 is 9.84 Å². The third-order valence-corrected chi connectivity index (χ3v) is 5.24. The lowest BCUT2D eigenvalue weighted by molar-refractivity contribution is -0.0535. The monoisotopic (exact) mass is 345 g/mol. The van der Waals surface area contributed by atoms with E-state index in [1.165, 1.54) is 12.1 Å². The molecule has 0 spiro atoms. The van der Waals surface area contributed by atoms with Crippen LogP contribution in [0.5, 0.6) is 0 Å². The van der Waals surface area contributed by atoms with Gasteiger partial charge in [0.2, 0.25) is 0 Å². The number of aliphatic hydroxyl groups is 1. The number of likely N-dealkylation sites (tertiary alicyclic amines) is 1. The molecule has 6 heteroatoms. The molecule has 0 radical (unpaired) electrons. The van der Waals surface area contributed by atoms with Gasteiger partial charge in [-0.2, -0.15) is 0 Å². The molecule has 0 saturated carbocycles. The van der Waals surface area contributed by atoms with Crippen molar-refractivity contribution in [1.29, 1.82) is 0 Å². The quantitative estimate of drug-likeness (QED) is 0.917. The Morgan fingerprint density at radius 1 is 1.16 bits per heavy atom. The fourth-order valence-corrected chi connectivity index (χ4v) is 3.92. The molecule has 3 heterocycles. The van der Waals surface area contributed by atoms with Gasteiger partial charge in [-0.1, -0.05) is 6.07 Å². The van der Waals surface area contributed by atoms with Gasteiger partial charge in [-0.05, 0) is 30.7 Å². The van der Waals surface area contributed by atoms with Crippen molar-refractivity contribution in [3.63, 3.8) is 0 Å². The van der Waals surface area contributed by atoms with Gasteiger partial charge in [0.15, 0.2) is 0 Å². The zero-order chi connectivity index (χ0) is 17.2. The lowest BCUT2D eigenvalue weighted by Gasteiger charge is -2.42. The van der Waals surface area contributed by atoms with Gasteiger partial charge in [0, 0.05) is 44.2 Å². The third kappa shape index (κ3) is 3.82. The average Bonchev–Trinajstić information content (AvgIpc) is 2.63. The van der Waals surface area contributed by atoms with Gasteiger partial charge in [-0.25, -0.2) is 4.39 Å². The first-order valence-corrected chi connectivity index (χ1v) is 8.96. The van der Waals surface area contributed by atoms with Crippen LogP contribution in [-0.4, -0.2) is 71.4 Å². The Labute approximate surface area is 147 Å². The molecule has 1 aromatic carbocycles. The molecule has 2 aliphatic rings. The maximum atomic E-state index is 13.3. The van der Waals surface area contributed by atoms with Crippen molar-refractivity contribution < 1.29 is 14.2 Å². The first kappa shape index (κ1) is 16.8. The summed E-state index contributed by atoms with van der Waals surface area (Å²) in [7, 11) is 0. The summed E-state index contributed by atoms with van der Waals surface area (Å²) in [4.78, 5) is 9.23. The first-order valence-electron chi connectivity index (χ1n) is 8.96. The van der Waals surface area contributed by atoms with Gasteiger partial charge in [0.05, 0.1) is 30.5 Å². The van der Waals surface area contributed by atoms with E-state index in [0.717, 1.165) is 55.9 Å². The van der Waals surface area contributed by atoms with E-state index in [-0.39, 0.29) is 18.0 Å². The van der Waals surface area contributed by atoms with Crippen LogP contribution in [0.2, 0.25) is 0 Å². The van der Waals surface area contributed by atoms with Crippen LogP contribution in [0.1, 0.15) is 12.1 Å². The fraction of sp³-hybridized carbons (Fsp3) is 0.526. The van der Waals surface area contributed by atoms with Crippen molar-refractivity contribution in [2.24, 2.45) is 0 Å². The standard InChI is InChI=1S/C19H24FN3O2/c20-15-2-4-17-14(11-15)1-3-16(21-17)12-22-6-5-18(19(24)13-22)23-7-9-25-10-8-23/h1-4,11,18-19,24H,5-10,12-13H2/t18-,19-/m1/s1. The van der Waals surface area contributed by atoms with E-state index in [2.05, 4.69) is 14.8 Å². The minimum Gasteiger partial charge on any atom is -0.390 e. The minimum atomic E-state index is -0.346. The van der Waals surface area contributed by atoms with Crippen LogP contribution in [0.4, 0.5) is 4.39 Å². The second-order valence-corrected chi connectivity index (χ2v) is 6.95. The van der Waals surface area contributed by atoms with E-state index in [0.29, 0.717) is 13.1 Å². The van der Waals surface area contributed by atoms with E-state index < -0.39 is 0 Å². The molecule has 2 aliphatic heterocycles. The van der Waals surface area contributed by atoms with Crippen LogP contribution < -0.4 is 0 Å². The molecule has 0 aliphatic carbocycles. The van der Waals surface area contributed by atoms with Crippen LogP contribution in [0.25, 0.3) is 10.9 Å². The molecule has 1 aromatic heterocycles. The summed E-state index contributed by atoms with van der Waals surface area (Å²) in [5.41, 5.74) is 1.76. The normalized spacial score (nSPS) is 26.2. The number of ether oxygens (including phenoxy) is 1. The second kappa shape index (κ2) is 7.33. The van der Waals surface area contributed by atoms with Gasteiger partial charge in [-0.3, -0.25) is 14.8 Å². The van der Waals surface area contributed by atoms with Crippen molar-refractivity contribution in [2.45, 2.75) is 25.1 Å².